The Morgan fingerprint density at radius 2 is 1.67 bits per heavy atom. The lowest BCUT2D eigenvalue weighted by molar-refractivity contribution is -0.274. The number of amides is 1. The molecule has 1 heterocycles. The second kappa shape index (κ2) is 12.0. The Morgan fingerprint density at radius 1 is 1.03 bits per heavy atom. The number of anilines is 1. The second-order valence-corrected chi connectivity index (χ2v) is 9.39. The number of carboxylic acids is 1. The fraction of sp³-hybridized carbons (Fsp3) is 0.208. The lowest BCUT2D eigenvalue weighted by atomic mass is 10.0. The van der Waals surface area contributed by atoms with Crippen LogP contribution in [0.1, 0.15) is 27.7 Å². The maximum Gasteiger partial charge on any atom is 0.573 e. The molecule has 36 heavy (non-hydrogen) atoms. The summed E-state index contributed by atoms with van der Waals surface area (Å²) >= 11 is 2.49. The van der Waals surface area contributed by atoms with Crippen LogP contribution >= 0.6 is 23.1 Å². The molecule has 12 heteroatoms. The van der Waals surface area contributed by atoms with Crippen molar-refractivity contribution in [2.45, 2.75) is 24.6 Å². The molecule has 0 unspecified atom stereocenters. The number of halogens is 3. The fourth-order valence-electron chi connectivity index (χ4n) is 2.93. The van der Waals surface area contributed by atoms with Crippen LogP contribution in [-0.4, -0.2) is 41.5 Å². The summed E-state index contributed by atoms with van der Waals surface area (Å²) in [5.41, 5.74) is 0.402. The van der Waals surface area contributed by atoms with Gasteiger partial charge in [0.1, 0.15) is 16.5 Å². The number of aliphatic carboxylic acids is 1. The van der Waals surface area contributed by atoms with Gasteiger partial charge in [0.05, 0.1) is 11.3 Å². The molecule has 1 amide bonds. The van der Waals surface area contributed by atoms with E-state index in [0.717, 1.165) is 21.9 Å². The van der Waals surface area contributed by atoms with E-state index in [-0.39, 0.29) is 22.8 Å². The van der Waals surface area contributed by atoms with Crippen molar-refractivity contribution in [3.8, 4) is 11.5 Å². The van der Waals surface area contributed by atoms with E-state index in [9.17, 15) is 27.6 Å². The van der Waals surface area contributed by atoms with Crippen LogP contribution in [0.4, 0.5) is 18.2 Å². The third kappa shape index (κ3) is 8.02. The molecule has 1 aromatic heterocycles. The minimum atomic E-state index is -4.83. The normalized spacial score (nSPS) is 11.1. The summed E-state index contributed by atoms with van der Waals surface area (Å²) in [4.78, 5) is 37.8. The number of hydrogen-bond acceptors (Lipinski definition) is 7. The summed E-state index contributed by atoms with van der Waals surface area (Å²) in [6.45, 7) is 1.44. The topological polar surface area (TPSA) is 102 Å². The van der Waals surface area contributed by atoms with Crippen molar-refractivity contribution in [1.29, 1.82) is 0 Å². The Morgan fingerprint density at radius 3 is 2.25 bits per heavy atom. The number of rotatable bonds is 11. The molecule has 0 fully saturated rings. The fourth-order valence-corrected chi connectivity index (χ4v) is 4.64. The zero-order chi connectivity index (χ0) is 26.3. The van der Waals surface area contributed by atoms with Gasteiger partial charge < -0.3 is 19.9 Å². The van der Waals surface area contributed by atoms with E-state index in [0.29, 0.717) is 17.2 Å². The van der Waals surface area contributed by atoms with Crippen LogP contribution in [0.2, 0.25) is 0 Å². The van der Waals surface area contributed by atoms with Crippen molar-refractivity contribution >= 4 is 45.8 Å². The number of hydrogen-bond donors (Lipinski definition) is 2. The van der Waals surface area contributed by atoms with Crippen molar-refractivity contribution in [2.24, 2.45) is 0 Å². The van der Waals surface area contributed by atoms with E-state index < -0.39 is 30.5 Å². The number of aryl methyl sites for hydroxylation is 1. The number of alkyl halides is 3. The number of benzene rings is 2. The zero-order valence-corrected chi connectivity index (χ0v) is 20.4. The molecular weight excluding hydrogens is 519 g/mol. The minimum absolute atomic E-state index is 0.0474. The van der Waals surface area contributed by atoms with E-state index in [1.165, 1.54) is 35.2 Å². The molecule has 2 aromatic carbocycles. The predicted molar refractivity (Wildman–Crippen MR) is 129 cm³/mol. The van der Waals surface area contributed by atoms with Crippen LogP contribution in [0, 0.1) is 0 Å². The van der Waals surface area contributed by atoms with Crippen molar-refractivity contribution in [3.63, 3.8) is 0 Å². The lowest BCUT2D eigenvalue weighted by Gasteiger charge is -2.09. The lowest BCUT2D eigenvalue weighted by Crippen LogP contribution is -2.17. The van der Waals surface area contributed by atoms with Crippen LogP contribution in [0.15, 0.2) is 59.5 Å². The molecule has 0 bridgehead atoms. The Balaban J connectivity index is 1.64. The molecule has 0 saturated carbocycles. The predicted octanol–water partition coefficient (Wildman–Crippen LogP) is 5.63. The van der Waals surface area contributed by atoms with Crippen LogP contribution in [0.25, 0.3) is 0 Å². The Kier molecular flexibility index (Phi) is 8.99. The van der Waals surface area contributed by atoms with Crippen molar-refractivity contribution in [3.05, 3.63) is 70.6 Å². The van der Waals surface area contributed by atoms with Gasteiger partial charge in [-0.15, -0.1) is 36.3 Å². The highest BCUT2D eigenvalue weighted by atomic mass is 32.2. The minimum Gasteiger partial charge on any atom is -0.482 e. The van der Waals surface area contributed by atoms with E-state index in [4.69, 9.17) is 9.84 Å². The second-order valence-electron chi connectivity index (χ2n) is 7.20. The highest BCUT2D eigenvalue weighted by Crippen LogP contribution is 2.32. The van der Waals surface area contributed by atoms with Crippen molar-refractivity contribution in [1.82, 2.24) is 0 Å². The first kappa shape index (κ1) is 27.1. The number of carbonyl (C=O) groups excluding carboxylic acids is 2. The molecule has 190 valence electrons. The number of carbonyl (C=O) groups is 3. The molecule has 0 aliphatic carbocycles. The average Bonchev–Trinajstić information content (AvgIpc) is 3.23. The SMILES string of the molecule is CCc1cc(C(=O)c2ccc(OC(F)(F)F)cc2)c(NC(=O)CSc2ccc(OCC(=O)O)cc2)s1. The Labute approximate surface area is 212 Å². The first-order valence-corrected chi connectivity index (χ1v) is 12.2. The first-order chi connectivity index (χ1) is 17.0. The van der Waals surface area contributed by atoms with Gasteiger partial charge in [-0.2, -0.15) is 0 Å². The number of carboxylic acid groups (broad SMARTS) is 1. The number of ketones is 1. The zero-order valence-electron chi connectivity index (χ0n) is 18.8. The monoisotopic (exact) mass is 539 g/mol. The van der Waals surface area contributed by atoms with Gasteiger partial charge in [-0.25, -0.2) is 4.79 Å². The average molecular weight is 540 g/mol. The Hall–Kier alpha value is -3.51. The van der Waals surface area contributed by atoms with Gasteiger partial charge in [-0.3, -0.25) is 9.59 Å². The standard InChI is InChI=1S/C24H20F3NO6S2/c1-2-17-11-19(22(32)14-3-5-16(6-4-14)34-24(25,26)27)23(36-17)28-20(29)13-35-18-9-7-15(8-10-18)33-12-21(30)31/h3-11H,2,12-13H2,1H3,(H,28,29)(H,30,31). The summed E-state index contributed by atoms with van der Waals surface area (Å²) in [5, 5.41) is 11.7. The highest BCUT2D eigenvalue weighted by molar-refractivity contribution is 8.00. The van der Waals surface area contributed by atoms with Crippen LogP contribution < -0.4 is 14.8 Å². The number of thioether (sulfide) groups is 1. The molecule has 0 spiro atoms. The summed E-state index contributed by atoms with van der Waals surface area (Å²) in [7, 11) is 0. The van der Waals surface area contributed by atoms with Gasteiger partial charge >= 0.3 is 12.3 Å². The highest BCUT2D eigenvalue weighted by Gasteiger charge is 2.31. The van der Waals surface area contributed by atoms with Crippen LogP contribution in [0.5, 0.6) is 11.5 Å². The van der Waals surface area contributed by atoms with E-state index in [1.54, 1.807) is 30.3 Å². The molecule has 0 aliphatic rings. The summed E-state index contributed by atoms with van der Waals surface area (Å²) in [6.07, 6.45) is -4.20. The molecule has 0 saturated heterocycles. The number of nitrogens with one attached hydrogen (secondary N) is 1. The van der Waals surface area contributed by atoms with Gasteiger partial charge in [0.15, 0.2) is 12.4 Å². The van der Waals surface area contributed by atoms with Gasteiger partial charge in [0.25, 0.3) is 0 Å². The van der Waals surface area contributed by atoms with E-state index in [1.807, 2.05) is 6.92 Å². The molecule has 0 radical (unpaired) electrons. The maximum atomic E-state index is 13.0. The van der Waals surface area contributed by atoms with E-state index in [2.05, 4.69) is 10.1 Å². The number of thiophene rings is 1. The largest absolute Gasteiger partial charge is 0.573 e. The third-order valence-corrected chi connectivity index (χ3v) is 6.74. The molecule has 3 aromatic rings. The van der Waals surface area contributed by atoms with Gasteiger partial charge in [-0.05, 0) is 61.0 Å². The van der Waals surface area contributed by atoms with Gasteiger partial charge in [-0.1, -0.05) is 6.92 Å². The summed E-state index contributed by atoms with van der Waals surface area (Å²) < 4.78 is 46.0. The Bertz CT molecular complexity index is 1220. The quantitative estimate of drug-likeness (QED) is 0.240. The third-order valence-electron chi connectivity index (χ3n) is 4.54. The molecule has 7 nitrogen and oxygen atoms in total. The smallest absolute Gasteiger partial charge is 0.482 e. The molecule has 2 N–H and O–H groups in total. The maximum absolute atomic E-state index is 13.0. The molecule has 3 rings (SSSR count). The number of ether oxygens (including phenoxy) is 2. The molecular formula is C24H20F3NO6S2. The van der Waals surface area contributed by atoms with Crippen LogP contribution in [-0.2, 0) is 16.0 Å². The summed E-state index contributed by atoms with van der Waals surface area (Å²) in [6, 6.07) is 12.8. The van der Waals surface area contributed by atoms with E-state index >= 15 is 0 Å². The van der Waals surface area contributed by atoms with Crippen LogP contribution in [0.3, 0.4) is 0 Å². The summed E-state index contributed by atoms with van der Waals surface area (Å²) in [5.74, 6) is -1.88. The first-order valence-electron chi connectivity index (χ1n) is 10.4. The van der Waals surface area contributed by atoms with Crippen molar-refractivity contribution < 1.29 is 42.1 Å². The van der Waals surface area contributed by atoms with Gasteiger partial charge in [0, 0.05) is 15.3 Å². The van der Waals surface area contributed by atoms with Gasteiger partial charge in [0.2, 0.25) is 5.91 Å². The molecule has 0 aliphatic heterocycles. The van der Waals surface area contributed by atoms with Crippen molar-refractivity contribution in [2.75, 3.05) is 17.7 Å². The molecule has 0 atom stereocenters.